The van der Waals surface area contributed by atoms with E-state index in [9.17, 15) is 13.6 Å². The van der Waals surface area contributed by atoms with Crippen molar-refractivity contribution in [3.05, 3.63) is 54.6 Å². The molecule has 4 rings (SSSR count). The fraction of sp³-hybridized carbons (Fsp3) is 0.480. The molecule has 29 heavy (non-hydrogen) atoms. The van der Waals surface area contributed by atoms with Crippen molar-refractivity contribution in [3.8, 4) is 5.75 Å². The van der Waals surface area contributed by atoms with E-state index in [4.69, 9.17) is 4.74 Å². The Morgan fingerprint density at radius 3 is 2.24 bits per heavy atom. The molecule has 154 valence electrons. The quantitative estimate of drug-likeness (QED) is 0.321. The van der Waals surface area contributed by atoms with Gasteiger partial charge in [0, 0.05) is 5.39 Å². The van der Waals surface area contributed by atoms with Crippen molar-refractivity contribution in [3.63, 3.8) is 0 Å². The van der Waals surface area contributed by atoms with Gasteiger partial charge in [-0.05, 0) is 98.8 Å². The van der Waals surface area contributed by atoms with Gasteiger partial charge in [-0.1, -0.05) is 12.1 Å². The molecule has 2 aliphatic rings. The number of esters is 1. The third-order valence-electron chi connectivity index (χ3n) is 7.02. The van der Waals surface area contributed by atoms with Gasteiger partial charge in [0.1, 0.15) is 5.75 Å². The predicted octanol–water partition coefficient (Wildman–Crippen LogP) is 6.82. The lowest BCUT2D eigenvalue weighted by molar-refractivity contribution is -0.140. The van der Waals surface area contributed by atoms with Gasteiger partial charge in [0.15, 0.2) is 11.6 Å². The molecule has 0 atom stereocenters. The van der Waals surface area contributed by atoms with E-state index in [2.05, 4.69) is 12.7 Å². The minimum atomic E-state index is -0.878. The Labute approximate surface area is 170 Å². The van der Waals surface area contributed by atoms with Gasteiger partial charge in [-0.15, -0.1) is 6.58 Å². The number of ether oxygens (including phenoxy) is 1. The summed E-state index contributed by atoms with van der Waals surface area (Å²) in [5.74, 6) is 0.556. The molecule has 0 bridgehead atoms. The largest absolute Gasteiger partial charge is 0.426 e. The number of hydrogen-bond donors (Lipinski definition) is 0. The summed E-state index contributed by atoms with van der Waals surface area (Å²) in [5.41, 5.74) is 0. The van der Waals surface area contributed by atoms with Gasteiger partial charge in [-0.3, -0.25) is 4.79 Å². The van der Waals surface area contributed by atoms with Crippen LogP contribution in [0.15, 0.2) is 43.0 Å². The zero-order chi connectivity index (χ0) is 20.4. The van der Waals surface area contributed by atoms with E-state index < -0.39 is 11.6 Å². The van der Waals surface area contributed by atoms with E-state index in [1.165, 1.54) is 43.9 Å². The fourth-order valence-corrected chi connectivity index (χ4v) is 5.18. The van der Waals surface area contributed by atoms with E-state index in [1.54, 1.807) is 6.07 Å². The number of benzene rings is 2. The van der Waals surface area contributed by atoms with Crippen LogP contribution in [0.5, 0.6) is 5.75 Å². The molecule has 0 heterocycles. The zero-order valence-corrected chi connectivity index (χ0v) is 16.7. The first-order chi connectivity index (χ1) is 14.0. The second-order valence-electron chi connectivity index (χ2n) is 8.69. The summed E-state index contributed by atoms with van der Waals surface area (Å²) < 4.78 is 32.7. The van der Waals surface area contributed by atoms with Crippen LogP contribution in [-0.2, 0) is 4.79 Å². The molecule has 2 aromatic carbocycles. The van der Waals surface area contributed by atoms with Crippen LogP contribution in [0.1, 0.15) is 51.4 Å². The lowest BCUT2D eigenvalue weighted by Gasteiger charge is -2.36. The summed E-state index contributed by atoms with van der Waals surface area (Å²) in [4.78, 5) is 12.6. The van der Waals surface area contributed by atoms with Crippen molar-refractivity contribution in [2.45, 2.75) is 51.4 Å². The highest BCUT2D eigenvalue weighted by molar-refractivity contribution is 5.85. The molecule has 0 saturated heterocycles. The molecule has 0 radical (unpaired) electrons. The average Bonchev–Trinajstić information content (AvgIpc) is 2.76. The molecular formula is C25H28F2O2. The Hall–Kier alpha value is -2.23. The minimum absolute atomic E-state index is 0.0728. The van der Waals surface area contributed by atoms with Gasteiger partial charge >= 0.3 is 5.97 Å². The van der Waals surface area contributed by atoms with Crippen LogP contribution in [0.3, 0.4) is 0 Å². The highest BCUT2D eigenvalue weighted by Crippen LogP contribution is 2.41. The summed E-state index contributed by atoms with van der Waals surface area (Å²) in [5, 5.41) is 0.713. The second kappa shape index (κ2) is 8.64. The maximum atomic E-state index is 13.8. The fourth-order valence-electron chi connectivity index (χ4n) is 5.18. The smallest absolute Gasteiger partial charge is 0.314 e. The molecule has 2 nitrogen and oxygen atoms in total. The van der Waals surface area contributed by atoms with E-state index in [0.29, 0.717) is 17.1 Å². The molecule has 2 fully saturated rings. The van der Waals surface area contributed by atoms with Crippen LogP contribution in [0.25, 0.3) is 10.8 Å². The van der Waals surface area contributed by atoms with Crippen LogP contribution < -0.4 is 4.74 Å². The molecule has 0 spiro atoms. The number of carbonyl (C=O) groups excluding carboxylic acids is 1. The van der Waals surface area contributed by atoms with Crippen LogP contribution in [0, 0.1) is 35.3 Å². The molecule has 0 N–H and O–H groups in total. The number of carbonyl (C=O) groups is 1. The molecule has 2 aromatic rings. The Kier molecular flexibility index (Phi) is 5.98. The monoisotopic (exact) mass is 398 g/mol. The van der Waals surface area contributed by atoms with Crippen LogP contribution in [0.2, 0.25) is 0 Å². The molecule has 4 heteroatoms. The Morgan fingerprint density at radius 1 is 0.931 bits per heavy atom. The number of allylic oxidation sites excluding steroid dienone is 1. The molecule has 0 unspecified atom stereocenters. The number of fused-ring (bicyclic) bond motifs is 1. The molecule has 0 amide bonds. The summed E-state index contributed by atoms with van der Waals surface area (Å²) in [6, 6.07) is 7.18. The maximum Gasteiger partial charge on any atom is 0.314 e. The van der Waals surface area contributed by atoms with Gasteiger partial charge in [0.2, 0.25) is 0 Å². The van der Waals surface area contributed by atoms with Crippen molar-refractivity contribution < 1.29 is 18.3 Å². The van der Waals surface area contributed by atoms with Gasteiger partial charge in [-0.2, -0.15) is 0 Å². The predicted molar refractivity (Wildman–Crippen MR) is 111 cm³/mol. The first-order valence-corrected chi connectivity index (χ1v) is 10.8. The summed E-state index contributed by atoms with van der Waals surface area (Å²) in [6.07, 6.45) is 11.1. The van der Waals surface area contributed by atoms with E-state index in [-0.39, 0.29) is 17.3 Å². The topological polar surface area (TPSA) is 26.3 Å². The first kappa shape index (κ1) is 20.1. The van der Waals surface area contributed by atoms with E-state index in [1.807, 2.05) is 0 Å². The molecule has 2 saturated carbocycles. The normalized spacial score (nSPS) is 27.5. The third-order valence-corrected chi connectivity index (χ3v) is 7.02. The standard InChI is InChI=1S/C25H28F2O2/c1-2-16-3-5-17(6-4-16)18-7-9-19(10-8-18)25(28)29-21-12-13-22-20(15-21)11-14-23(26)24(22)27/h2,11-19H,1,3-10H2. The van der Waals surface area contributed by atoms with E-state index in [0.717, 1.165) is 43.6 Å². The number of hydrogen-bond acceptors (Lipinski definition) is 2. The SMILES string of the molecule is C=CC1CCC(C2CCC(C(=O)Oc3ccc4c(F)c(F)ccc4c3)CC2)CC1. The Bertz CT molecular complexity index is 891. The molecular weight excluding hydrogens is 370 g/mol. The Morgan fingerprint density at radius 2 is 1.59 bits per heavy atom. The van der Waals surface area contributed by atoms with Gasteiger partial charge in [-0.25, -0.2) is 8.78 Å². The number of rotatable bonds is 4. The summed E-state index contributed by atoms with van der Waals surface area (Å²) in [6.45, 7) is 3.92. The van der Waals surface area contributed by atoms with E-state index >= 15 is 0 Å². The van der Waals surface area contributed by atoms with Crippen molar-refractivity contribution in [2.24, 2.45) is 23.7 Å². The van der Waals surface area contributed by atoms with Crippen LogP contribution in [0.4, 0.5) is 8.78 Å². The minimum Gasteiger partial charge on any atom is -0.426 e. The zero-order valence-electron chi connectivity index (χ0n) is 16.7. The number of halogens is 2. The summed E-state index contributed by atoms with van der Waals surface area (Å²) >= 11 is 0. The Balaban J connectivity index is 1.32. The van der Waals surface area contributed by atoms with Crippen molar-refractivity contribution in [1.29, 1.82) is 0 Å². The maximum absolute atomic E-state index is 13.8. The second-order valence-corrected chi connectivity index (χ2v) is 8.69. The lowest BCUT2D eigenvalue weighted by Crippen LogP contribution is -2.30. The molecule has 2 aliphatic carbocycles. The molecule has 0 aliphatic heterocycles. The van der Waals surface area contributed by atoms with Gasteiger partial charge in [0.25, 0.3) is 0 Å². The van der Waals surface area contributed by atoms with Gasteiger partial charge in [0.05, 0.1) is 5.92 Å². The van der Waals surface area contributed by atoms with Gasteiger partial charge < -0.3 is 4.74 Å². The van der Waals surface area contributed by atoms with Crippen molar-refractivity contribution in [1.82, 2.24) is 0 Å². The molecule has 0 aromatic heterocycles. The van der Waals surface area contributed by atoms with Crippen LogP contribution >= 0.6 is 0 Å². The van der Waals surface area contributed by atoms with Crippen molar-refractivity contribution in [2.75, 3.05) is 0 Å². The first-order valence-electron chi connectivity index (χ1n) is 10.8. The average molecular weight is 398 g/mol. The third kappa shape index (κ3) is 4.36. The van der Waals surface area contributed by atoms with Crippen LogP contribution in [-0.4, -0.2) is 5.97 Å². The highest BCUT2D eigenvalue weighted by atomic mass is 19.2. The summed E-state index contributed by atoms with van der Waals surface area (Å²) in [7, 11) is 0. The van der Waals surface area contributed by atoms with Crippen molar-refractivity contribution >= 4 is 16.7 Å². The lowest BCUT2D eigenvalue weighted by atomic mass is 9.69. The highest BCUT2D eigenvalue weighted by Gasteiger charge is 2.33.